The number of anilines is 2. The first kappa shape index (κ1) is 15.0. The van der Waals surface area contributed by atoms with Gasteiger partial charge in [-0.2, -0.15) is 0 Å². The molecular weight excluding hydrogens is 267 g/mol. The Morgan fingerprint density at radius 1 is 1.14 bits per heavy atom. The summed E-state index contributed by atoms with van der Waals surface area (Å²) in [6.07, 6.45) is 0.455. The van der Waals surface area contributed by atoms with Crippen molar-refractivity contribution in [2.75, 3.05) is 10.6 Å². The minimum Gasteiger partial charge on any atom is -0.379 e. The van der Waals surface area contributed by atoms with E-state index in [1.807, 2.05) is 44.2 Å². The van der Waals surface area contributed by atoms with Crippen LogP contribution in [-0.2, 0) is 4.79 Å². The van der Waals surface area contributed by atoms with E-state index in [-0.39, 0.29) is 17.8 Å². The Kier molecular flexibility index (Phi) is 4.93. The van der Waals surface area contributed by atoms with E-state index in [0.29, 0.717) is 6.42 Å². The van der Waals surface area contributed by atoms with E-state index in [9.17, 15) is 9.18 Å². The van der Waals surface area contributed by atoms with Crippen LogP contribution in [-0.4, -0.2) is 5.91 Å². The fourth-order valence-corrected chi connectivity index (χ4v) is 2.01. The number of amides is 1. The summed E-state index contributed by atoms with van der Waals surface area (Å²) in [7, 11) is 0. The van der Waals surface area contributed by atoms with Gasteiger partial charge in [0.05, 0.1) is 0 Å². The Morgan fingerprint density at radius 2 is 1.81 bits per heavy atom. The molecule has 3 nitrogen and oxygen atoms in total. The van der Waals surface area contributed by atoms with E-state index in [4.69, 9.17) is 0 Å². The lowest BCUT2D eigenvalue weighted by Gasteiger charge is -2.16. The molecule has 0 aromatic heterocycles. The van der Waals surface area contributed by atoms with Crippen LogP contribution >= 0.6 is 0 Å². The molecule has 21 heavy (non-hydrogen) atoms. The number of carbonyl (C=O) groups is 1. The monoisotopic (exact) mass is 286 g/mol. The molecule has 0 radical (unpaired) electrons. The Bertz CT molecular complexity index is 610. The van der Waals surface area contributed by atoms with Crippen LogP contribution in [0.4, 0.5) is 15.8 Å². The zero-order chi connectivity index (χ0) is 15.2. The zero-order valence-corrected chi connectivity index (χ0v) is 12.2. The summed E-state index contributed by atoms with van der Waals surface area (Å²) in [5, 5.41) is 6.10. The Morgan fingerprint density at radius 3 is 2.43 bits per heavy atom. The smallest absolute Gasteiger partial charge is 0.224 e. The van der Waals surface area contributed by atoms with Crippen LogP contribution in [0.25, 0.3) is 0 Å². The van der Waals surface area contributed by atoms with Crippen LogP contribution < -0.4 is 10.6 Å². The number of benzene rings is 2. The predicted octanol–water partition coefficient (Wildman–Crippen LogP) is 4.35. The molecule has 1 unspecified atom stereocenters. The maximum Gasteiger partial charge on any atom is 0.224 e. The highest BCUT2D eigenvalue weighted by atomic mass is 19.1. The lowest BCUT2D eigenvalue weighted by molar-refractivity contribution is -0.115. The molecule has 0 fully saturated rings. The summed E-state index contributed by atoms with van der Waals surface area (Å²) in [6, 6.07) is 14.0. The SMILES string of the molecule is CCC(=O)Nc1ccc(NC(C)c2cccc(F)c2)cc1. The van der Waals surface area contributed by atoms with Crippen molar-refractivity contribution >= 4 is 17.3 Å². The van der Waals surface area contributed by atoms with Gasteiger partial charge in [-0.25, -0.2) is 4.39 Å². The van der Waals surface area contributed by atoms with Crippen molar-refractivity contribution in [1.29, 1.82) is 0 Å². The molecule has 2 N–H and O–H groups in total. The topological polar surface area (TPSA) is 41.1 Å². The van der Waals surface area contributed by atoms with Crippen molar-refractivity contribution in [2.24, 2.45) is 0 Å². The van der Waals surface area contributed by atoms with Gasteiger partial charge < -0.3 is 10.6 Å². The molecule has 2 rings (SSSR count). The van der Waals surface area contributed by atoms with E-state index >= 15 is 0 Å². The first-order valence-corrected chi connectivity index (χ1v) is 7.00. The van der Waals surface area contributed by atoms with E-state index in [1.54, 1.807) is 6.07 Å². The summed E-state index contributed by atoms with van der Waals surface area (Å²) >= 11 is 0. The van der Waals surface area contributed by atoms with Gasteiger partial charge >= 0.3 is 0 Å². The minimum absolute atomic E-state index is 0.00298. The average molecular weight is 286 g/mol. The molecule has 0 aliphatic carbocycles. The number of hydrogen-bond donors (Lipinski definition) is 2. The third-order valence-electron chi connectivity index (χ3n) is 3.22. The Labute approximate surface area is 124 Å². The van der Waals surface area contributed by atoms with Crippen molar-refractivity contribution in [2.45, 2.75) is 26.3 Å². The average Bonchev–Trinajstić information content (AvgIpc) is 2.49. The molecular formula is C17H19FN2O. The molecule has 0 saturated carbocycles. The highest BCUT2D eigenvalue weighted by molar-refractivity contribution is 5.90. The third-order valence-corrected chi connectivity index (χ3v) is 3.22. The first-order valence-electron chi connectivity index (χ1n) is 7.00. The lowest BCUT2D eigenvalue weighted by atomic mass is 10.1. The maximum absolute atomic E-state index is 13.2. The predicted molar refractivity (Wildman–Crippen MR) is 83.8 cm³/mol. The van der Waals surface area contributed by atoms with Gasteiger partial charge in [-0.1, -0.05) is 19.1 Å². The largest absolute Gasteiger partial charge is 0.379 e. The number of nitrogens with one attached hydrogen (secondary N) is 2. The zero-order valence-electron chi connectivity index (χ0n) is 12.2. The van der Waals surface area contributed by atoms with Gasteiger partial charge in [-0.05, 0) is 48.9 Å². The number of hydrogen-bond acceptors (Lipinski definition) is 2. The van der Waals surface area contributed by atoms with Gasteiger partial charge in [-0.15, -0.1) is 0 Å². The Balaban J connectivity index is 2.01. The van der Waals surface area contributed by atoms with Crippen LogP contribution in [0.3, 0.4) is 0 Å². The molecule has 4 heteroatoms. The summed E-state index contributed by atoms with van der Waals surface area (Å²) < 4.78 is 13.2. The number of rotatable bonds is 5. The third kappa shape index (κ3) is 4.31. The molecule has 2 aromatic carbocycles. The summed E-state index contributed by atoms with van der Waals surface area (Å²) in [5.41, 5.74) is 2.57. The Hall–Kier alpha value is -2.36. The van der Waals surface area contributed by atoms with Crippen LogP contribution in [0.5, 0.6) is 0 Å². The second-order valence-electron chi connectivity index (χ2n) is 4.90. The summed E-state index contributed by atoms with van der Waals surface area (Å²) in [6.45, 7) is 3.79. The van der Waals surface area contributed by atoms with Crippen LogP contribution in [0, 0.1) is 5.82 Å². The van der Waals surface area contributed by atoms with Crippen molar-refractivity contribution in [3.05, 3.63) is 59.9 Å². The second kappa shape index (κ2) is 6.88. The van der Waals surface area contributed by atoms with Crippen molar-refractivity contribution in [3.8, 4) is 0 Å². The molecule has 0 aliphatic heterocycles. The fourth-order valence-electron chi connectivity index (χ4n) is 2.01. The molecule has 0 aliphatic rings. The molecule has 1 atom stereocenters. The van der Waals surface area contributed by atoms with Gasteiger partial charge in [0, 0.05) is 23.8 Å². The van der Waals surface area contributed by atoms with Crippen LogP contribution in [0.2, 0.25) is 0 Å². The van der Waals surface area contributed by atoms with Crippen LogP contribution in [0.1, 0.15) is 31.9 Å². The van der Waals surface area contributed by atoms with Crippen molar-refractivity contribution < 1.29 is 9.18 Å². The number of halogens is 1. The minimum atomic E-state index is -0.237. The number of carbonyl (C=O) groups excluding carboxylic acids is 1. The molecule has 2 aromatic rings. The highest BCUT2D eigenvalue weighted by Crippen LogP contribution is 2.21. The van der Waals surface area contributed by atoms with Gasteiger partial charge in [-0.3, -0.25) is 4.79 Å². The molecule has 1 amide bonds. The quantitative estimate of drug-likeness (QED) is 0.858. The van der Waals surface area contributed by atoms with E-state index in [2.05, 4.69) is 10.6 Å². The van der Waals surface area contributed by atoms with Gasteiger partial charge in [0.15, 0.2) is 0 Å². The lowest BCUT2D eigenvalue weighted by Crippen LogP contribution is -2.10. The van der Waals surface area contributed by atoms with Gasteiger partial charge in [0.2, 0.25) is 5.91 Å². The maximum atomic E-state index is 13.2. The molecule has 0 heterocycles. The molecule has 110 valence electrons. The normalized spacial score (nSPS) is 11.8. The second-order valence-corrected chi connectivity index (χ2v) is 4.90. The van der Waals surface area contributed by atoms with Crippen molar-refractivity contribution in [3.63, 3.8) is 0 Å². The van der Waals surface area contributed by atoms with Gasteiger partial charge in [0.1, 0.15) is 5.82 Å². The van der Waals surface area contributed by atoms with E-state index in [1.165, 1.54) is 12.1 Å². The van der Waals surface area contributed by atoms with E-state index < -0.39 is 0 Å². The highest BCUT2D eigenvalue weighted by Gasteiger charge is 2.06. The molecule has 0 bridgehead atoms. The van der Waals surface area contributed by atoms with E-state index in [0.717, 1.165) is 16.9 Å². The summed E-state index contributed by atoms with van der Waals surface area (Å²) in [4.78, 5) is 11.3. The first-order chi connectivity index (χ1) is 10.1. The molecule has 0 spiro atoms. The van der Waals surface area contributed by atoms with Crippen molar-refractivity contribution in [1.82, 2.24) is 0 Å². The van der Waals surface area contributed by atoms with Crippen LogP contribution in [0.15, 0.2) is 48.5 Å². The van der Waals surface area contributed by atoms with Gasteiger partial charge in [0.25, 0.3) is 0 Å². The summed E-state index contributed by atoms with van der Waals surface area (Å²) in [5.74, 6) is -0.248. The fraction of sp³-hybridized carbons (Fsp3) is 0.235. The standard InChI is InChI=1S/C17H19FN2O/c1-3-17(21)20-16-9-7-15(8-10-16)19-12(2)13-5-4-6-14(18)11-13/h4-12,19H,3H2,1-2H3,(H,20,21). The molecule has 0 saturated heterocycles.